The molecule has 2 nitrogen and oxygen atoms in total. The second kappa shape index (κ2) is 5.43. The number of ether oxygens (including phenoxy) is 1. The average molecular weight is 377 g/mol. The molecule has 1 aliphatic rings. The lowest BCUT2D eigenvalue weighted by atomic mass is 10.1. The summed E-state index contributed by atoms with van der Waals surface area (Å²) in [5, 5.41) is 3.64. The molecule has 1 heterocycles. The number of fused-ring (bicyclic) bond motifs is 1. The first-order valence-corrected chi connectivity index (χ1v) is 7.44. The van der Waals surface area contributed by atoms with Crippen LogP contribution in [-0.4, -0.2) is 6.54 Å². The van der Waals surface area contributed by atoms with Crippen molar-refractivity contribution in [2.24, 2.45) is 0 Å². The van der Waals surface area contributed by atoms with Crippen LogP contribution in [0, 0.1) is 5.82 Å². The Balaban J connectivity index is 1.94. The van der Waals surface area contributed by atoms with E-state index >= 15 is 0 Å². The fourth-order valence-electron chi connectivity index (χ4n) is 2.10. The van der Waals surface area contributed by atoms with Crippen LogP contribution in [0.25, 0.3) is 0 Å². The molecular formula is C14H9BrCl2FNO. The van der Waals surface area contributed by atoms with Gasteiger partial charge in [-0.2, -0.15) is 0 Å². The number of rotatable bonds is 1. The van der Waals surface area contributed by atoms with Gasteiger partial charge >= 0.3 is 0 Å². The van der Waals surface area contributed by atoms with Gasteiger partial charge < -0.3 is 10.1 Å². The van der Waals surface area contributed by atoms with Crippen molar-refractivity contribution < 1.29 is 9.13 Å². The Hall–Kier alpha value is -0.970. The molecule has 0 saturated heterocycles. The largest absolute Gasteiger partial charge is 0.482 e. The summed E-state index contributed by atoms with van der Waals surface area (Å²) in [6, 6.07) is 8.37. The zero-order valence-corrected chi connectivity index (χ0v) is 13.2. The molecule has 2 aromatic rings. The SMILES string of the molecule is Fc1cc(C2CNc3cc(Br)ccc3O2)c(Cl)cc1Cl. The maximum absolute atomic E-state index is 13.6. The highest BCUT2D eigenvalue weighted by atomic mass is 79.9. The molecule has 0 aromatic heterocycles. The highest BCUT2D eigenvalue weighted by Gasteiger charge is 2.24. The quantitative estimate of drug-likeness (QED) is 0.669. The molecule has 2 aromatic carbocycles. The Labute approximate surface area is 134 Å². The predicted molar refractivity (Wildman–Crippen MR) is 82.4 cm³/mol. The molecule has 1 N–H and O–H groups in total. The molecule has 104 valence electrons. The summed E-state index contributed by atoms with van der Waals surface area (Å²) in [5.74, 6) is 0.201. The van der Waals surface area contributed by atoms with Crippen LogP contribution in [0.5, 0.6) is 5.75 Å². The maximum atomic E-state index is 13.6. The summed E-state index contributed by atoms with van der Waals surface area (Å²) in [6.07, 6.45) is -0.358. The van der Waals surface area contributed by atoms with E-state index in [-0.39, 0.29) is 11.1 Å². The van der Waals surface area contributed by atoms with Crippen molar-refractivity contribution in [3.8, 4) is 5.75 Å². The number of nitrogens with one attached hydrogen (secondary N) is 1. The van der Waals surface area contributed by atoms with Gasteiger partial charge in [-0.3, -0.25) is 0 Å². The molecule has 3 rings (SSSR count). The van der Waals surface area contributed by atoms with E-state index in [0.29, 0.717) is 22.9 Å². The summed E-state index contributed by atoms with van der Waals surface area (Å²) >= 11 is 15.2. The van der Waals surface area contributed by atoms with Crippen molar-refractivity contribution in [1.82, 2.24) is 0 Å². The van der Waals surface area contributed by atoms with Gasteiger partial charge in [-0.1, -0.05) is 39.1 Å². The predicted octanol–water partition coefficient (Wildman–Crippen LogP) is 5.44. The van der Waals surface area contributed by atoms with Crippen molar-refractivity contribution in [2.45, 2.75) is 6.10 Å². The van der Waals surface area contributed by atoms with E-state index < -0.39 is 5.82 Å². The van der Waals surface area contributed by atoms with Crippen LogP contribution < -0.4 is 10.1 Å². The summed E-state index contributed by atoms with van der Waals surface area (Å²) < 4.78 is 20.4. The number of benzene rings is 2. The van der Waals surface area contributed by atoms with Gasteiger partial charge in [0.2, 0.25) is 0 Å². The lowest BCUT2D eigenvalue weighted by Crippen LogP contribution is -2.24. The van der Waals surface area contributed by atoms with Crippen LogP contribution in [0.1, 0.15) is 11.7 Å². The monoisotopic (exact) mass is 375 g/mol. The fourth-order valence-corrected chi connectivity index (χ4v) is 2.96. The molecular weight excluding hydrogens is 368 g/mol. The van der Waals surface area contributed by atoms with Gasteiger partial charge in [-0.25, -0.2) is 4.39 Å². The first-order chi connectivity index (χ1) is 9.54. The van der Waals surface area contributed by atoms with Crippen LogP contribution >= 0.6 is 39.1 Å². The van der Waals surface area contributed by atoms with Crippen LogP contribution in [0.4, 0.5) is 10.1 Å². The molecule has 1 unspecified atom stereocenters. The summed E-state index contributed by atoms with van der Waals surface area (Å²) in [4.78, 5) is 0. The van der Waals surface area contributed by atoms with Gasteiger partial charge in [0.15, 0.2) is 0 Å². The zero-order chi connectivity index (χ0) is 14.3. The van der Waals surface area contributed by atoms with Crippen molar-refractivity contribution >= 4 is 44.8 Å². The van der Waals surface area contributed by atoms with Crippen molar-refractivity contribution in [2.75, 3.05) is 11.9 Å². The summed E-state index contributed by atoms with van der Waals surface area (Å²) in [6.45, 7) is 0.504. The lowest BCUT2D eigenvalue weighted by Gasteiger charge is -2.28. The second-order valence-corrected chi connectivity index (χ2v) is 6.15. The minimum absolute atomic E-state index is 0.00634. The van der Waals surface area contributed by atoms with E-state index in [4.69, 9.17) is 27.9 Å². The first kappa shape index (κ1) is 14.0. The number of hydrogen-bond acceptors (Lipinski definition) is 2. The van der Waals surface area contributed by atoms with E-state index in [1.807, 2.05) is 18.2 Å². The third-order valence-electron chi connectivity index (χ3n) is 3.08. The molecule has 0 amide bonds. The van der Waals surface area contributed by atoms with E-state index in [0.717, 1.165) is 10.2 Å². The Kier molecular flexibility index (Phi) is 3.80. The standard InChI is InChI=1S/C14H9BrCl2FNO/c15-7-1-2-13-12(3-7)19-6-14(20-13)8-4-11(18)10(17)5-9(8)16/h1-5,14,19H,6H2. The van der Waals surface area contributed by atoms with Crippen molar-refractivity contribution in [3.63, 3.8) is 0 Å². The average Bonchev–Trinajstić information content (AvgIpc) is 2.42. The van der Waals surface area contributed by atoms with Crippen LogP contribution in [0.3, 0.4) is 0 Å². The molecule has 0 aliphatic carbocycles. The maximum Gasteiger partial charge on any atom is 0.143 e. The van der Waals surface area contributed by atoms with Crippen LogP contribution in [0.2, 0.25) is 10.0 Å². The van der Waals surface area contributed by atoms with Crippen LogP contribution in [-0.2, 0) is 0 Å². The summed E-state index contributed by atoms with van der Waals surface area (Å²) in [7, 11) is 0. The van der Waals surface area contributed by atoms with Gasteiger partial charge in [0.05, 0.1) is 17.3 Å². The van der Waals surface area contributed by atoms with E-state index in [1.54, 1.807) is 0 Å². The highest BCUT2D eigenvalue weighted by Crippen LogP contribution is 2.38. The first-order valence-electron chi connectivity index (χ1n) is 5.89. The van der Waals surface area contributed by atoms with Gasteiger partial charge in [-0.15, -0.1) is 0 Å². The molecule has 0 spiro atoms. The third kappa shape index (κ3) is 2.60. The van der Waals surface area contributed by atoms with Crippen molar-refractivity contribution in [1.29, 1.82) is 0 Å². The Morgan fingerprint density at radius 3 is 2.80 bits per heavy atom. The minimum Gasteiger partial charge on any atom is -0.482 e. The molecule has 0 saturated carbocycles. The van der Waals surface area contributed by atoms with E-state index in [9.17, 15) is 4.39 Å². The lowest BCUT2D eigenvalue weighted by molar-refractivity contribution is 0.210. The molecule has 0 bridgehead atoms. The van der Waals surface area contributed by atoms with Crippen LogP contribution in [0.15, 0.2) is 34.8 Å². The number of anilines is 1. The molecule has 0 fully saturated rings. The third-order valence-corrected chi connectivity index (χ3v) is 4.19. The van der Waals surface area contributed by atoms with Gasteiger partial charge in [0.1, 0.15) is 17.7 Å². The highest BCUT2D eigenvalue weighted by molar-refractivity contribution is 9.10. The molecule has 20 heavy (non-hydrogen) atoms. The zero-order valence-electron chi connectivity index (χ0n) is 10.1. The molecule has 6 heteroatoms. The Morgan fingerprint density at radius 1 is 1.20 bits per heavy atom. The van der Waals surface area contributed by atoms with E-state index in [1.165, 1.54) is 12.1 Å². The van der Waals surface area contributed by atoms with E-state index in [2.05, 4.69) is 21.2 Å². The number of hydrogen-bond donors (Lipinski definition) is 1. The second-order valence-electron chi connectivity index (χ2n) is 4.42. The van der Waals surface area contributed by atoms with Crippen molar-refractivity contribution in [3.05, 3.63) is 56.2 Å². The topological polar surface area (TPSA) is 21.3 Å². The van der Waals surface area contributed by atoms with Gasteiger partial charge in [-0.05, 0) is 30.3 Å². The summed E-state index contributed by atoms with van der Waals surface area (Å²) in [5.41, 5.74) is 1.47. The normalized spacial score (nSPS) is 17.1. The van der Waals surface area contributed by atoms with Gasteiger partial charge in [0, 0.05) is 15.1 Å². The Morgan fingerprint density at radius 2 is 2.00 bits per heavy atom. The molecule has 1 atom stereocenters. The minimum atomic E-state index is -0.503. The Bertz CT molecular complexity index is 680. The number of halogens is 4. The fraction of sp³-hybridized carbons (Fsp3) is 0.143. The molecule has 1 aliphatic heterocycles. The molecule has 0 radical (unpaired) electrons. The smallest absolute Gasteiger partial charge is 0.143 e. The van der Waals surface area contributed by atoms with Gasteiger partial charge in [0.25, 0.3) is 0 Å².